The highest BCUT2D eigenvalue weighted by atomic mass is 32.1. The molecule has 1 aromatic heterocycles. The summed E-state index contributed by atoms with van der Waals surface area (Å²) in [5, 5.41) is 3.14. The molecule has 0 radical (unpaired) electrons. The van der Waals surface area contributed by atoms with Crippen molar-refractivity contribution in [2.75, 3.05) is 51.3 Å². The number of ether oxygens (including phenoxy) is 1. The van der Waals surface area contributed by atoms with Crippen LogP contribution in [0.4, 0.5) is 9.52 Å². The first kappa shape index (κ1) is 28.2. The van der Waals surface area contributed by atoms with E-state index < -0.39 is 24.1 Å². The summed E-state index contributed by atoms with van der Waals surface area (Å²) in [6.45, 7) is 7.44. The van der Waals surface area contributed by atoms with Crippen molar-refractivity contribution in [2.45, 2.75) is 38.5 Å². The summed E-state index contributed by atoms with van der Waals surface area (Å²) >= 11 is 1.03. The molecule has 11 heteroatoms. The van der Waals surface area contributed by atoms with Crippen LogP contribution in [0, 0.1) is 29.3 Å². The van der Waals surface area contributed by atoms with Crippen LogP contribution >= 0.6 is 11.3 Å². The van der Waals surface area contributed by atoms with Gasteiger partial charge in [-0.1, -0.05) is 43.2 Å². The molecule has 40 heavy (non-hydrogen) atoms. The van der Waals surface area contributed by atoms with Gasteiger partial charge in [0.1, 0.15) is 30.5 Å². The molecule has 3 fully saturated rings. The van der Waals surface area contributed by atoms with Crippen molar-refractivity contribution in [2.24, 2.45) is 11.8 Å². The van der Waals surface area contributed by atoms with Gasteiger partial charge in [0.05, 0.1) is 5.92 Å². The van der Waals surface area contributed by atoms with E-state index in [4.69, 9.17) is 11.2 Å². The molecule has 1 N–H and O–H groups in total. The molecule has 5 rings (SSSR count). The number of carbonyl (C=O) groups excluding carboxylic acids is 3. The minimum atomic E-state index is -0.833. The van der Waals surface area contributed by atoms with E-state index in [2.05, 4.69) is 33.1 Å². The maximum atomic E-state index is 14.8. The summed E-state index contributed by atoms with van der Waals surface area (Å²) in [5.74, 6) is 1.43. The number of fused-ring (bicyclic) bond motifs is 1. The van der Waals surface area contributed by atoms with E-state index in [1.165, 1.54) is 4.90 Å². The first-order valence-corrected chi connectivity index (χ1v) is 14.4. The van der Waals surface area contributed by atoms with E-state index in [9.17, 15) is 18.8 Å². The number of hydrogen-bond donors (Lipinski definition) is 1. The van der Waals surface area contributed by atoms with Gasteiger partial charge in [-0.2, -0.15) is 4.39 Å². The maximum absolute atomic E-state index is 14.8. The van der Waals surface area contributed by atoms with Crippen LogP contribution in [0.1, 0.15) is 30.6 Å². The Labute approximate surface area is 237 Å². The molecule has 3 saturated heterocycles. The number of Topliss-reactive ketones (excluding diaryl/α,β-unsaturated/α-hetero) is 1. The van der Waals surface area contributed by atoms with Gasteiger partial charge in [0.15, 0.2) is 10.9 Å². The molecule has 0 saturated carbocycles. The fourth-order valence-electron chi connectivity index (χ4n) is 5.55. The quantitative estimate of drug-likeness (QED) is 0.513. The zero-order valence-corrected chi connectivity index (χ0v) is 23.7. The Morgan fingerprint density at radius 1 is 1.23 bits per heavy atom. The lowest BCUT2D eigenvalue weighted by molar-refractivity contribution is -0.138. The third-order valence-electron chi connectivity index (χ3n) is 7.76. The van der Waals surface area contributed by atoms with Crippen molar-refractivity contribution in [3.8, 4) is 23.6 Å². The normalized spacial score (nSPS) is 23.8. The number of aromatic nitrogens is 1. The Morgan fingerprint density at radius 2 is 1.93 bits per heavy atom. The highest BCUT2D eigenvalue weighted by Crippen LogP contribution is 2.33. The van der Waals surface area contributed by atoms with Gasteiger partial charge < -0.3 is 24.8 Å². The molecule has 212 valence electrons. The van der Waals surface area contributed by atoms with Gasteiger partial charge >= 0.3 is 0 Å². The van der Waals surface area contributed by atoms with Gasteiger partial charge in [0, 0.05) is 43.9 Å². The van der Waals surface area contributed by atoms with E-state index in [0.29, 0.717) is 22.7 Å². The molecule has 4 heterocycles. The first-order valence-electron chi connectivity index (χ1n) is 13.6. The van der Waals surface area contributed by atoms with Crippen molar-refractivity contribution in [1.82, 2.24) is 20.1 Å². The van der Waals surface area contributed by atoms with E-state index in [-0.39, 0.29) is 47.5 Å². The number of likely N-dealkylation sites (N-methyl/N-ethyl adjacent to an activating group) is 1. The summed E-state index contributed by atoms with van der Waals surface area (Å²) in [4.78, 5) is 49.6. The molecule has 0 aliphatic carbocycles. The number of piperazine rings is 1. The molecule has 1 unspecified atom stereocenters. The Bertz CT molecular complexity index is 1310. The second-order valence-corrected chi connectivity index (χ2v) is 12.0. The summed E-state index contributed by atoms with van der Waals surface area (Å²) in [6.07, 6.45) is 5.53. The first-order chi connectivity index (χ1) is 19.2. The predicted molar refractivity (Wildman–Crippen MR) is 150 cm³/mol. The Hall–Kier alpha value is -3.33. The lowest BCUT2D eigenvalue weighted by atomic mass is 10.0. The molecule has 2 amide bonds. The molecule has 4 atom stereocenters. The van der Waals surface area contributed by atoms with Crippen LogP contribution in [0.3, 0.4) is 0 Å². The molecule has 1 aromatic carbocycles. The van der Waals surface area contributed by atoms with E-state index >= 15 is 0 Å². The number of nitrogens with zero attached hydrogens (tertiary/aromatic N) is 4. The number of thiazole rings is 1. The van der Waals surface area contributed by atoms with Crippen LogP contribution < -0.4 is 10.2 Å². The van der Waals surface area contributed by atoms with Crippen LogP contribution in [-0.4, -0.2) is 96.9 Å². The van der Waals surface area contributed by atoms with Crippen LogP contribution in [0.25, 0.3) is 11.3 Å². The molecule has 0 spiro atoms. The zero-order chi connectivity index (χ0) is 28.6. The van der Waals surface area contributed by atoms with Gasteiger partial charge in [0.25, 0.3) is 5.91 Å². The number of terminal acetylenes is 1. The summed E-state index contributed by atoms with van der Waals surface area (Å²) in [5.41, 5.74) is 1.17. The van der Waals surface area contributed by atoms with Gasteiger partial charge in [0.2, 0.25) is 11.0 Å². The van der Waals surface area contributed by atoms with Crippen LogP contribution in [0.5, 0.6) is 0 Å². The fourth-order valence-corrected chi connectivity index (χ4v) is 6.41. The molecule has 2 aromatic rings. The summed E-state index contributed by atoms with van der Waals surface area (Å²) in [7, 11) is 2.06. The predicted octanol–water partition coefficient (Wildman–Crippen LogP) is 2.27. The summed E-state index contributed by atoms with van der Waals surface area (Å²) in [6, 6.07) is 4.98. The second kappa shape index (κ2) is 11.6. The number of hydrogen-bond acceptors (Lipinski definition) is 8. The van der Waals surface area contributed by atoms with Crippen LogP contribution in [0.2, 0.25) is 0 Å². The number of amides is 2. The van der Waals surface area contributed by atoms with Gasteiger partial charge in [-0.05, 0) is 31.5 Å². The molecular weight excluding hydrogens is 533 g/mol. The molecular formula is C29H34FN5O4S. The average molecular weight is 568 g/mol. The second-order valence-electron chi connectivity index (χ2n) is 11.1. The molecule has 3 aliphatic heterocycles. The Morgan fingerprint density at radius 3 is 2.58 bits per heavy atom. The Kier molecular flexibility index (Phi) is 8.21. The smallest absolute Gasteiger partial charge is 0.251 e. The number of anilines is 1. The van der Waals surface area contributed by atoms with E-state index in [1.54, 1.807) is 24.3 Å². The average Bonchev–Trinajstić information content (AvgIpc) is 3.62. The number of halogens is 1. The number of carbonyl (C=O) groups is 3. The lowest BCUT2D eigenvalue weighted by Crippen LogP contribution is -2.52. The maximum Gasteiger partial charge on any atom is 0.251 e. The monoisotopic (exact) mass is 567 g/mol. The minimum absolute atomic E-state index is 0.0682. The zero-order valence-electron chi connectivity index (χ0n) is 22.9. The molecule has 0 bridgehead atoms. The summed E-state index contributed by atoms with van der Waals surface area (Å²) < 4.78 is 20.4. The number of likely N-dealkylation sites (tertiary alicyclic amines) is 1. The van der Waals surface area contributed by atoms with Crippen molar-refractivity contribution in [3.05, 3.63) is 35.0 Å². The number of rotatable bonds is 7. The highest BCUT2D eigenvalue weighted by molar-refractivity contribution is 7.14. The van der Waals surface area contributed by atoms with Crippen molar-refractivity contribution in [1.29, 1.82) is 0 Å². The van der Waals surface area contributed by atoms with E-state index in [0.717, 1.165) is 37.5 Å². The number of ketones is 1. The fraction of sp³-hybridized carbons (Fsp3) is 0.517. The van der Waals surface area contributed by atoms with Gasteiger partial charge in [-0.25, -0.2) is 4.98 Å². The van der Waals surface area contributed by atoms with Crippen molar-refractivity contribution in [3.63, 3.8) is 0 Å². The van der Waals surface area contributed by atoms with Crippen LogP contribution in [0.15, 0.2) is 24.3 Å². The number of nitrogens with one attached hydrogen (secondary N) is 1. The van der Waals surface area contributed by atoms with E-state index in [1.807, 2.05) is 13.8 Å². The molecule has 3 aliphatic rings. The van der Waals surface area contributed by atoms with Crippen molar-refractivity contribution < 1.29 is 23.5 Å². The number of benzene rings is 1. The third-order valence-corrected chi connectivity index (χ3v) is 8.67. The third kappa shape index (κ3) is 5.61. The largest absolute Gasteiger partial charge is 0.366 e. The Balaban J connectivity index is 1.29. The van der Waals surface area contributed by atoms with Crippen molar-refractivity contribution >= 4 is 34.1 Å². The standard InChI is InChI=1S/C29H34FN5O4S/c1-5-18-15-35(24-22(36)16-39-25(18)24)28(38)21(14-17(2)3)31-27(37)20-8-6-19(7-9-20)23-26(30)40-29(32-23)34-12-10-33(4)11-13-34/h1,6-9,17-18,21,24-25H,10-16H2,2-4H3,(H,31,37)/t18?,21-,24+,25+/m0/s1. The van der Waals surface area contributed by atoms with Crippen LogP contribution in [-0.2, 0) is 14.3 Å². The topological polar surface area (TPSA) is 95.1 Å². The van der Waals surface area contributed by atoms with Gasteiger partial charge in [-0.15, -0.1) is 6.42 Å². The highest BCUT2D eigenvalue weighted by Gasteiger charge is 2.52. The SMILES string of the molecule is C#CC1CN(C(=O)[C@H](CC(C)C)NC(=O)c2ccc(-c3nc(N4CCN(C)CC4)sc3F)cc2)[C@@H]2C(=O)CO[C@H]12. The minimum Gasteiger partial charge on any atom is -0.366 e. The molecule has 9 nitrogen and oxygen atoms in total. The lowest BCUT2D eigenvalue weighted by Gasteiger charge is -2.31. The van der Waals surface area contributed by atoms with Gasteiger partial charge in [-0.3, -0.25) is 14.4 Å².